The summed E-state index contributed by atoms with van der Waals surface area (Å²) in [7, 11) is -4.16. The maximum atomic E-state index is 14.0. The summed E-state index contributed by atoms with van der Waals surface area (Å²) in [5, 5.41) is 3.29. The van der Waals surface area contributed by atoms with E-state index < -0.39 is 33.2 Å². The van der Waals surface area contributed by atoms with E-state index in [1.54, 1.807) is 31.2 Å². The molecule has 0 aromatic heterocycles. The molecule has 2 aromatic rings. The first-order chi connectivity index (χ1) is 12.2. The van der Waals surface area contributed by atoms with Crippen molar-refractivity contribution in [3.63, 3.8) is 0 Å². The van der Waals surface area contributed by atoms with Crippen molar-refractivity contribution in [2.75, 3.05) is 13.1 Å². The van der Waals surface area contributed by atoms with Crippen molar-refractivity contribution in [2.24, 2.45) is 0 Å². The van der Waals surface area contributed by atoms with Gasteiger partial charge in [0.1, 0.15) is 10.7 Å². The highest BCUT2D eigenvalue weighted by atomic mass is 35.5. The molecule has 1 N–H and O–H groups in total. The Labute approximate surface area is 161 Å². The Balaban J connectivity index is 2.07. The largest absolute Gasteiger partial charge is 0.351 e. The Morgan fingerprint density at radius 2 is 1.73 bits per heavy atom. The topological polar surface area (TPSA) is 66.5 Å². The van der Waals surface area contributed by atoms with Crippen LogP contribution in [0.2, 0.25) is 10.0 Å². The molecule has 0 aliphatic rings. The molecule has 140 valence electrons. The highest BCUT2D eigenvalue weighted by molar-refractivity contribution is 7.89. The van der Waals surface area contributed by atoms with Gasteiger partial charge < -0.3 is 5.32 Å². The predicted molar refractivity (Wildman–Crippen MR) is 99.1 cm³/mol. The molecular weight excluding hydrogens is 402 g/mol. The van der Waals surface area contributed by atoms with Gasteiger partial charge >= 0.3 is 0 Å². The zero-order valence-electron chi connectivity index (χ0n) is 13.9. The molecule has 0 saturated carbocycles. The minimum atomic E-state index is -4.16. The molecule has 0 bridgehead atoms. The fourth-order valence-electron chi connectivity index (χ4n) is 2.21. The SMILES string of the molecule is CCN(CC(=O)NCc1ccc(Cl)cc1)S(=O)(=O)c1ccc(Cl)cc1F. The Bertz CT molecular complexity index is 889. The number of amides is 1. The van der Waals surface area contributed by atoms with E-state index in [-0.39, 0.29) is 18.1 Å². The standard InChI is InChI=1S/C17H17Cl2FN2O3S/c1-2-22(26(24,25)16-8-7-14(19)9-15(16)20)11-17(23)21-10-12-3-5-13(18)6-4-12/h3-9H,2,10-11H2,1H3,(H,21,23). The van der Waals surface area contributed by atoms with E-state index in [0.29, 0.717) is 5.02 Å². The molecule has 1 amide bonds. The lowest BCUT2D eigenvalue weighted by Gasteiger charge is -2.20. The summed E-state index contributed by atoms with van der Waals surface area (Å²) in [6, 6.07) is 10.2. The zero-order valence-corrected chi connectivity index (χ0v) is 16.2. The van der Waals surface area contributed by atoms with Crippen molar-refractivity contribution < 1.29 is 17.6 Å². The molecule has 26 heavy (non-hydrogen) atoms. The first-order valence-corrected chi connectivity index (χ1v) is 9.90. The molecule has 5 nitrogen and oxygen atoms in total. The molecule has 0 fully saturated rings. The van der Waals surface area contributed by atoms with Crippen LogP contribution in [0.25, 0.3) is 0 Å². The molecule has 2 aromatic carbocycles. The van der Waals surface area contributed by atoms with Crippen molar-refractivity contribution in [1.82, 2.24) is 9.62 Å². The Kier molecular flexibility index (Phi) is 7.00. The highest BCUT2D eigenvalue weighted by Gasteiger charge is 2.28. The second kappa shape index (κ2) is 8.81. The van der Waals surface area contributed by atoms with Crippen LogP contribution in [-0.4, -0.2) is 31.7 Å². The predicted octanol–water partition coefficient (Wildman–Crippen LogP) is 3.46. The van der Waals surface area contributed by atoms with Crippen molar-refractivity contribution in [1.29, 1.82) is 0 Å². The van der Waals surface area contributed by atoms with Gasteiger partial charge in [-0.25, -0.2) is 12.8 Å². The van der Waals surface area contributed by atoms with Gasteiger partial charge in [-0.1, -0.05) is 42.3 Å². The van der Waals surface area contributed by atoms with Gasteiger partial charge in [0.05, 0.1) is 6.54 Å². The third kappa shape index (κ3) is 5.17. The summed E-state index contributed by atoms with van der Waals surface area (Å²) >= 11 is 11.4. The van der Waals surface area contributed by atoms with Gasteiger partial charge in [0.25, 0.3) is 0 Å². The average molecular weight is 419 g/mol. The lowest BCUT2D eigenvalue weighted by Crippen LogP contribution is -2.40. The van der Waals surface area contributed by atoms with E-state index in [1.165, 1.54) is 6.07 Å². The number of carbonyl (C=O) groups excluding carboxylic acids is 1. The van der Waals surface area contributed by atoms with Gasteiger partial charge in [-0.15, -0.1) is 0 Å². The molecular formula is C17H17Cl2FN2O3S. The van der Waals surface area contributed by atoms with Crippen LogP contribution in [-0.2, 0) is 21.4 Å². The van der Waals surface area contributed by atoms with Crippen molar-refractivity contribution in [3.8, 4) is 0 Å². The van der Waals surface area contributed by atoms with Crippen molar-refractivity contribution in [2.45, 2.75) is 18.4 Å². The van der Waals surface area contributed by atoms with Crippen LogP contribution in [0.15, 0.2) is 47.4 Å². The lowest BCUT2D eigenvalue weighted by atomic mass is 10.2. The molecule has 0 heterocycles. The minimum Gasteiger partial charge on any atom is -0.351 e. The average Bonchev–Trinajstić information content (AvgIpc) is 2.58. The van der Waals surface area contributed by atoms with Crippen molar-refractivity contribution >= 4 is 39.1 Å². The Morgan fingerprint density at radius 1 is 1.12 bits per heavy atom. The maximum absolute atomic E-state index is 14.0. The third-order valence-corrected chi connectivity index (χ3v) is 6.03. The van der Waals surface area contributed by atoms with Gasteiger partial charge in [-0.05, 0) is 35.9 Å². The molecule has 0 radical (unpaired) electrons. The fraction of sp³-hybridized carbons (Fsp3) is 0.235. The van der Waals surface area contributed by atoms with Gasteiger partial charge in [0, 0.05) is 23.1 Å². The normalized spacial score (nSPS) is 11.6. The number of rotatable bonds is 7. The number of nitrogens with zero attached hydrogens (tertiary/aromatic N) is 1. The molecule has 0 aliphatic heterocycles. The Morgan fingerprint density at radius 3 is 2.31 bits per heavy atom. The number of benzene rings is 2. The number of hydrogen-bond acceptors (Lipinski definition) is 3. The summed E-state index contributed by atoms with van der Waals surface area (Å²) in [5.41, 5.74) is 0.817. The molecule has 2 rings (SSSR count). The lowest BCUT2D eigenvalue weighted by molar-refractivity contribution is -0.121. The molecule has 0 atom stereocenters. The smallest absolute Gasteiger partial charge is 0.246 e. The highest BCUT2D eigenvalue weighted by Crippen LogP contribution is 2.22. The maximum Gasteiger partial charge on any atom is 0.246 e. The minimum absolute atomic E-state index is 0.0127. The molecule has 9 heteroatoms. The van der Waals surface area contributed by atoms with Crippen LogP contribution < -0.4 is 5.32 Å². The molecule has 0 saturated heterocycles. The molecule has 0 unspecified atom stereocenters. The summed E-state index contributed by atoms with van der Waals surface area (Å²) in [6.45, 7) is 1.38. The van der Waals surface area contributed by atoms with E-state index in [2.05, 4.69) is 5.32 Å². The van der Waals surface area contributed by atoms with Gasteiger partial charge in [0.2, 0.25) is 15.9 Å². The van der Waals surface area contributed by atoms with E-state index >= 15 is 0 Å². The number of likely N-dealkylation sites (N-methyl/N-ethyl adjacent to an activating group) is 1. The second-order valence-corrected chi connectivity index (χ2v) is 8.19. The zero-order chi connectivity index (χ0) is 19.3. The van der Waals surface area contributed by atoms with E-state index in [9.17, 15) is 17.6 Å². The number of carbonyl (C=O) groups is 1. The van der Waals surface area contributed by atoms with Crippen LogP contribution >= 0.6 is 23.2 Å². The van der Waals surface area contributed by atoms with Crippen LogP contribution in [0, 0.1) is 5.82 Å². The second-order valence-electron chi connectivity index (χ2n) is 5.41. The first kappa shape index (κ1) is 20.6. The third-order valence-electron chi connectivity index (χ3n) is 3.59. The van der Waals surface area contributed by atoms with Crippen LogP contribution in [0.5, 0.6) is 0 Å². The quantitative estimate of drug-likeness (QED) is 0.748. The number of hydrogen-bond donors (Lipinski definition) is 1. The number of halogens is 3. The van der Waals surface area contributed by atoms with Crippen LogP contribution in [0.3, 0.4) is 0 Å². The number of nitrogens with one attached hydrogen (secondary N) is 1. The monoisotopic (exact) mass is 418 g/mol. The summed E-state index contributed by atoms with van der Waals surface area (Å²) in [6.07, 6.45) is 0. The summed E-state index contributed by atoms with van der Waals surface area (Å²) in [5.74, 6) is -1.46. The molecule has 0 spiro atoms. The fourth-order valence-corrected chi connectivity index (χ4v) is 3.94. The summed E-state index contributed by atoms with van der Waals surface area (Å²) < 4.78 is 40.1. The Hall–Kier alpha value is -1.67. The first-order valence-electron chi connectivity index (χ1n) is 7.70. The van der Waals surface area contributed by atoms with Gasteiger partial charge in [0.15, 0.2) is 0 Å². The van der Waals surface area contributed by atoms with Gasteiger partial charge in [-0.3, -0.25) is 4.79 Å². The van der Waals surface area contributed by atoms with Crippen LogP contribution in [0.1, 0.15) is 12.5 Å². The van der Waals surface area contributed by atoms with E-state index in [1.807, 2.05) is 0 Å². The molecule has 0 aliphatic carbocycles. The van der Waals surface area contributed by atoms with Crippen LogP contribution in [0.4, 0.5) is 4.39 Å². The number of sulfonamides is 1. The van der Waals surface area contributed by atoms with E-state index in [0.717, 1.165) is 22.0 Å². The van der Waals surface area contributed by atoms with E-state index in [4.69, 9.17) is 23.2 Å². The van der Waals surface area contributed by atoms with Crippen molar-refractivity contribution in [3.05, 3.63) is 63.9 Å². The summed E-state index contributed by atoms with van der Waals surface area (Å²) in [4.78, 5) is 11.6. The van der Waals surface area contributed by atoms with Gasteiger partial charge in [-0.2, -0.15) is 4.31 Å².